The van der Waals surface area contributed by atoms with Gasteiger partial charge in [0, 0.05) is 13.5 Å². The molecular weight excluding hydrogens is 252 g/mol. The molecule has 4 nitrogen and oxygen atoms in total. The zero-order chi connectivity index (χ0) is 13.8. The van der Waals surface area contributed by atoms with Crippen LogP contribution in [-0.4, -0.2) is 25.2 Å². The first-order valence-corrected chi connectivity index (χ1v) is 6.06. The topological polar surface area (TPSA) is 68.3 Å². The van der Waals surface area contributed by atoms with Crippen molar-refractivity contribution in [3.8, 4) is 5.75 Å². The SMILES string of the molecule is COC(C)(C)CCOc1cccc(Cl)c1C(=N)N. The molecule has 0 radical (unpaired) electrons. The van der Waals surface area contributed by atoms with Gasteiger partial charge < -0.3 is 15.2 Å². The van der Waals surface area contributed by atoms with Crippen LogP contribution in [0.3, 0.4) is 0 Å². The van der Waals surface area contributed by atoms with Gasteiger partial charge in [0.25, 0.3) is 0 Å². The van der Waals surface area contributed by atoms with E-state index in [9.17, 15) is 0 Å². The number of benzene rings is 1. The lowest BCUT2D eigenvalue weighted by Gasteiger charge is -2.23. The van der Waals surface area contributed by atoms with Crippen molar-refractivity contribution in [3.05, 3.63) is 28.8 Å². The third-order valence-electron chi connectivity index (χ3n) is 2.76. The van der Waals surface area contributed by atoms with Crippen LogP contribution in [0.1, 0.15) is 25.8 Å². The number of rotatable bonds is 6. The molecule has 0 amide bonds. The molecule has 0 unspecified atom stereocenters. The molecule has 0 bridgehead atoms. The summed E-state index contributed by atoms with van der Waals surface area (Å²) >= 11 is 5.99. The van der Waals surface area contributed by atoms with Gasteiger partial charge in [-0.3, -0.25) is 5.41 Å². The first kappa shape index (κ1) is 14.8. The maximum Gasteiger partial charge on any atom is 0.131 e. The summed E-state index contributed by atoms with van der Waals surface area (Å²) in [6.45, 7) is 4.45. The number of nitrogens with one attached hydrogen (secondary N) is 1. The molecular formula is C13H19ClN2O2. The van der Waals surface area contributed by atoms with Gasteiger partial charge in [-0.2, -0.15) is 0 Å². The molecule has 3 N–H and O–H groups in total. The lowest BCUT2D eigenvalue weighted by molar-refractivity contribution is 0.00544. The number of ether oxygens (including phenoxy) is 2. The van der Waals surface area contributed by atoms with Crippen molar-refractivity contribution in [1.82, 2.24) is 0 Å². The Morgan fingerprint density at radius 3 is 2.67 bits per heavy atom. The van der Waals surface area contributed by atoms with Crippen molar-refractivity contribution in [1.29, 1.82) is 5.41 Å². The highest BCUT2D eigenvalue weighted by atomic mass is 35.5. The van der Waals surface area contributed by atoms with Crippen LogP contribution in [0.5, 0.6) is 5.75 Å². The third-order valence-corrected chi connectivity index (χ3v) is 3.07. The van der Waals surface area contributed by atoms with E-state index < -0.39 is 0 Å². The summed E-state index contributed by atoms with van der Waals surface area (Å²) in [5, 5.41) is 7.92. The van der Waals surface area contributed by atoms with Crippen LogP contribution < -0.4 is 10.5 Å². The van der Waals surface area contributed by atoms with Gasteiger partial charge in [0.1, 0.15) is 11.6 Å². The van der Waals surface area contributed by atoms with Crippen LogP contribution in [0.25, 0.3) is 0 Å². The summed E-state index contributed by atoms with van der Waals surface area (Å²) in [6.07, 6.45) is 0.730. The van der Waals surface area contributed by atoms with Gasteiger partial charge in [-0.25, -0.2) is 0 Å². The van der Waals surface area contributed by atoms with E-state index in [0.29, 0.717) is 22.9 Å². The van der Waals surface area contributed by atoms with E-state index in [-0.39, 0.29) is 11.4 Å². The number of nitrogens with two attached hydrogens (primary N) is 1. The molecule has 0 fully saturated rings. The maximum atomic E-state index is 7.50. The lowest BCUT2D eigenvalue weighted by Crippen LogP contribution is -2.25. The van der Waals surface area contributed by atoms with Crippen molar-refractivity contribution in [2.75, 3.05) is 13.7 Å². The van der Waals surface area contributed by atoms with E-state index in [0.717, 1.165) is 6.42 Å². The van der Waals surface area contributed by atoms with Crippen molar-refractivity contribution in [2.45, 2.75) is 25.9 Å². The Hall–Kier alpha value is -1.26. The summed E-state index contributed by atoms with van der Waals surface area (Å²) < 4.78 is 10.9. The first-order chi connectivity index (χ1) is 8.37. The summed E-state index contributed by atoms with van der Waals surface area (Å²) in [4.78, 5) is 0. The van der Waals surface area contributed by atoms with Crippen LogP contribution in [0.4, 0.5) is 0 Å². The smallest absolute Gasteiger partial charge is 0.131 e. The fourth-order valence-electron chi connectivity index (χ4n) is 1.39. The Balaban J connectivity index is 2.74. The van der Waals surface area contributed by atoms with Crippen molar-refractivity contribution < 1.29 is 9.47 Å². The van der Waals surface area contributed by atoms with Crippen molar-refractivity contribution in [2.24, 2.45) is 5.73 Å². The second-order valence-corrected chi connectivity index (χ2v) is 5.00. The Morgan fingerprint density at radius 1 is 1.44 bits per heavy atom. The van der Waals surface area contributed by atoms with Gasteiger partial charge >= 0.3 is 0 Å². The van der Waals surface area contributed by atoms with E-state index in [1.165, 1.54) is 0 Å². The second-order valence-electron chi connectivity index (χ2n) is 4.59. The molecule has 5 heteroatoms. The quantitative estimate of drug-likeness (QED) is 0.617. The summed E-state index contributed by atoms with van der Waals surface area (Å²) in [5.41, 5.74) is 5.69. The van der Waals surface area contributed by atoms with Gasteiger partial charge in [-0.05, 0) is 26.0 Å². The summed E-state index contributed by atoms with van der Waals surface area (Å²) in [5.74, 6) is 0.434. The minimum absolute atomic E-state index is 0.0957. The van der Waals surface area contributed by atoms with Crippen LogP contribution in [0.15, 0.2) is 18.2 Å². The van der Waals surface area contributed by atoms with E-state index in [4.69, 9.17) is 32.2 Å². The second kappa shape index (κ2) is 6.07. The molecule has 0 aliphatic heterocycles. The van der Waals surface area contributed by atoms with Gasteiger partial charge in [-0.1, -0.05) is 17.7 Å². The zero-order valence-corrected chi connectivity index (χ0v) is 11.7. The molecule has 0 aliphatic rings. The largest absolute Gasteiger partial charge is 0.493 e. The molecule has 0 atom stereocenters. The number of methoxy groups -OCH3 is 1. The molecule has 100 valence electrons. The normalized spacial score (nSPS) is 11.3. The van der Waals surface area contributed by atoms with Crippen LogP contribution in [0, 0.1) is 5.41 Å². The van der Waals surface area contributed by atoms with Gasteiger partial charge in [-0.15, -0.1) is 0 Å². The molecule has 1 aromatic rings. The van der Waals surface area contributed by atoms with Crippen molar-refractivity contribution in [3.63, 3.8) is 0 Å². The number of amidine groups is 1. The molecule has 0 aliphatic carbocycles. The van der Waals surface area contributed by atoms with E-state index in [2.05, 4.69) is 0 Å². The summed E-state index contributed by atoms with van der Waals surface area (Å²) in [6, 6.07) is 5.21. The molecule has 0 aromatic heterocycles. The standard InChI is InChI=1S/C13H19ClN2O2/c1-13(2,17-3)7-8-18-10-6-4-5-9(14)11(10)12(15)16/h4-6H,7-8H2,1-3H3,(H3,15,16). The fraction of sp³-hybridized carbons (Fsp3) is 0.462. The molecule has 0 saturated heterocycles. The van der Waals surface area contributed by atoms with Gasteiger partial charge in [0.05, 0.1) is 22.8 Å². The Kier molecular flexibility index (Phi) is 4.99. The highest BCUT2D eigenvalue weighted by molar-refractivity contribution is 6.34. The zero-order valence-electron chi connectivity index (χ0n) is 10.9. The number of hydrogen-bond donors (Lipinski definition) is 2. The predicted octanol–water partition coefficient (Wildman–Crippen LogP) is 2.82. The average molecular weight is 271 g/mol. The highest BCUT2D eigenvalue weighted by Gasteiger charge is 2.17. The van der Waals surface area contributed by atoms with E-state index in [1.54, 1.807) is 25.3 Å². The van der Waals surface area contributed by atoms with Gasteiger partial charge in [0.15, 0.2) is 0 Å². The fourth-order valence-corrected chi connectivity index (χ4v) is 1.66. The first-order valence-electron chi connectivity index (χ1n) is 5.68. The van der Waals surface area contributed by atoms with E-state index >= 15 is 0 Å². The molecule has 0 spiro atoms. The number of hydrogen-bond acceptors (Lipinski definition) is 3. The Bertz CT molecular complexity index is 433. The maximum absolute atomic E-state index is 7.50. The average Bonchev–Trinajstić information content (AvgIpc) is 2.28. The number of halogens is 1. The predicted molar refractivity (Wildman–Crippen MR) is 73.7 cm³/mol. The van der Waals surface area contributed by atoms with Crippen LogP contribution in [0.2, 0.25) is 5.02 Å². The summed E-state index contributed by atoms with van der Waals surface area (Å²) in [7, 11) is 1.67. The minimum Gasteiger partial charge on any atom is -0.493 e. The Labute approximate surface area is 113 Å². The lowest BCUT2D eigenvalue weighted by atomic mass is 10.1. The van der Waals surface area contributed by atoms with E-state index in [1.807, 2.05) is 13.8 Å². The third kappa shape index (κ3) is 3.89. The minimum atomic E-state index is -0.241. The molecule has 0 heterocycles. The molecule has 18 heavy (non-hydrogen) atoms. The Morgan fingerprint density at radius 2 is 2.11 bits per heavy atom. The monoisotopic (exact) mass is 270 g/mol. The van der Waals surface area contributed by atoms with Gasteiger partial charge in [0.2, 0.25) is 0 Å². The molecule has 0 saturated carbocycles. The molecule has 1 aromatic carbocycles. The molecule has 1 rings (SSSR count). The van der Waals surface area contributed by atoms with Crippen LogP contribution in [-0.2, 0) is 4.74 Å². The highest BCUT2D eigenvalue weighted by Crippen LogP contribution is 2.26. The van der Waals surface area contributed by atoms with Crippen molar-refractivity contribution >= 4 is 17.4 Å². The number of nitrogen functional groups attached to an aromatic ring is 1. The van der Waals surface area contributed by atoms with Crippen LogP contribution >= 0.6 is 11.6 Å².